The first-order chi connectivity index (χ1) is 8.70. The Morgan fingerprint density at radius 3 is 2.50 bits per heavy atom. The van der Waals surface area contributed by atoms with Crippen LogP contribution in [-0.4, -0.2) is 18.1 Å². The normalized spacial score (nSPS) is 16.9. The third kappa shape index (κ3) is 3.01. The SMILES string of the molecule is Cc1cc(C#N)cc(N(C)C2CCCCCC2)n1. The van der Waals surface area contributed by atoms with Crippen LogP contribution in [0.1, 0.15) is 49.8 Å². The minimum atomic E-state index is 0.577. The molecule has 1 saturated carbocycles. The zero-order valence-corrected chi connectivity index (χ0v) is 11.3. The molecule has 3 nitrogen and oxygen atoms in total. The van der Waals surface area contributed by atoms with Crippen molar-refractivity contribution in [2.45, 2.75) is 51.5 Å². The summed E-state index contributed by atoms with van der Waals surface area (Å²) in [4.78, 5) is 6.83. The van der Waals surface area contributed by atoms with Gasteiger partial charge in [-0.2, -0.15) is 5.26 Å². The second kappa shape index (κ2) is 5.86. The zero-order chi connectivity index (χ0) is 13.0. The molecule has 1 fully saturated rings. The molecule has 1 aliphatic rings. The molecule has 2 rings (SSSR count). The van der Waals surface area contributed by atoms with Gasteiger partial charge >= 0.3 is 0 Å². The number of aromatic nitrogens is 1. The van der Waals surface area contributed by atoms with Gasteiger partial charge in [-0.25, -0.2) is 4.98 Å². The average molecular weight is 243 g/mol. The molecule has 0 saturated heterocycles. The number of hydrogen-bond acceptors (Lipinski definition) is 3. The Morgan fingerprint density at radius 2 is 1.89 bits per heavy atom. The van der Waals surface area contributed by atoms with Crippen LogP contribution in [0.2, 0.25) is 0 Å². The summed E-state index contributed by atoms with van der Waals surface area (Å²) in [7, 11) is 2.11. The number of anilines is 1. The molecular weight excluding hydrogens is 222 g/mol. The van der Waals surface area contributed by atoms with Gasteiger partial charge in [-0.15, -0.1) is 0 Å². The van der Waals surface area contributed by atoms with Crippen LogP contribution >= 0.6 is 0 Å². The number of aryl methyl sites for hydroxylation is 1. The monoisotopic (exact) mass is 243 g/mol. The second-order valence-electron chi connectivity index (χ2n) is 5.22. The number of nitriles is 1. The average Bonchev–Trinajstić information content (AvgIpc) is 2.65. The van der Waals surface area contributed by atoms with Crippen molar-refractivity contribution in [3.05, 3.63) is 23.4 Å². The van der Waals surface area contributed by atoms with Gasteiger partial charge in [0.1, 0.15) is 5.82 Å². The number of hydrogen-bond donors (Lipinski definition) is 0. The lowest BCUT2D eigenvalue weighted by Crippen LogP contribution is -2.31. The third-order valence-corrected chi connectivity index (χ3v) is 3.80. The Hall–Kier alpha value is -1.56. The summed E-state index contributed by atoms with van der Waals surface area (Å²) in [5.74, 6) is 0.943. The molecule has 0 bridgehead atoms. The summed E-state index contributed by atoms with van der Waals surface area (Å²) in [5.41, 5.74) is 1.63. The van der Waals surface area contributed by atoms with E-state index < -0.39 is 0 Å². The fraction of sp³-hybridized carbons (Fsp3) is 0.600. The smallest absolute Gasteiger partial charge is 0.130 e. The highest BCUT2D eigenvalue weighted by Crippen LogP contribution is 2.25. The number of rotatable bonds is 2. The maximum atomic E-state index is 9.03. The maximum Gasteiger partial charge on any atom is 0.130 e. The van der Waals surface area contributed by atoms with Crippen LogP contribution in [-0.2, 0) is 0 Å². The van der Waals surface area contributed by atoms with E-state index in [0.717, 1.165) is 11.5 Å². The molecule has 3 heteroatoms. The fourth-order valence-corrected chi connectivity index (χ4v) is 2.73. The molecular formula is C15H21N3. The molecule has 0 radical (unpaired) electrons. The lowest BCUT2D eigenvalue weighted by molar-refractivity contribution is 0.549. The van der Waals surface area contributed by atoms with Crippen LogP contribution in [0.4, 0.5) is 5.82 Å². The standard InChI is InChI=1S/C15H21N3/c1-12-9-13(11-16)10-15(17-12)18(2)14-7-5-3-4-6-8-14/h9-10,14H,3-8H2,1-2H3. The predicted molar refractivity (Wildman–Crippen MR) is 73.6 cm³/mol. The van der Waals surface area contributed by atoms with Crippen molar-refractivity contribution in [2.24, 2.45) is 0 Å². The van der Waals surface area contributed by atoms with Crippen LogP contribution in [0, 0.1) is 18.3 Å². The van der Waals surface area contributed by atoms with Crippen LogP contribution in [0.25, 0.3) is 0 Å². The summed E-state index contributed by atoms with van der Waals surface area (Å²) in [6.45, 7) is 1.95. The van der Waals surface area contributed by atoms with E-state index in [1.807, 2.05) is 19.1 Å². The number of pyridine rings is 1. The predicted octanol–water partition coefficient (Wildman–Crippen LogP) is 3.42. The van der Waals surface area contributed by atoms with Gasteiger partial charge in [-0.3, -0.25) is 0 Å². The summed E-state index contributed by atoms with van der Waals surface area (Å²) < 4.78 is 0. The molecule has 0 aliphatic heterocycles. The van der Waals surface area contributed by atoms with Crippen molar-refractivity contribution in [3.63, 3.8) is 0 Å². The van der Waals surface area contributed by atoms with Crippen LogP contribution in [0.15, 0.2) is 12.1 Å². The number of nitrogens with zero attached hydrogens (tertiary/aromatic N) is 3. The van der Waals surface area contributed by atoms with E-state index in [2.05, 4.69) is 23.0 Å². The minimum Gasteiger partial charge on any atom is -0.357 e. The van der Waals surface area contributed by atoms with Crippen molar-refractivity contribution in [1.82, 2.24) is 4.98 Å². The topological polar surface area (TPSA) is 39.9 Å². The molecule has 0 atom stereocenters. The minimum absolute atomic E-state index is 0.577. The Balaban J connectivity index is 2.19. The van der Waals surface area contributed by atoms with Crippen molar-refractivity contribution >= 4 is 5.82 Å². The summed E-state index contributed by atoms with van der Waals surface area (Å²) in [6, 6.07) is 6.53. The Morgan fingerprint density at radius 1 is 1.22 bits per heavy atom. The molecule has 1 aromatic rings. The van der Waals surface area contributed by atoms with E-state index in [0.29, 0.717) is 11.6 Å². The zero-order valence-electron chi connectivity index (χ0n) is 11.3. The summed E-state index contributed by atoms with van der Waals surface area (Å²) >= 11 is 0. The molecule has 1 aliphatic carbocycles. The van der Waals surface area contributed by atoms with Crippen molar-refractivity contribution < 1.29 is 0 Å². The van der Waals surface area contributed by atoms with Gasteiger partial charge < -0.3 is 4.90 Å². The molecule has 0 aromatic carbocycles. The molecule has 0 N–H and O–H groups in total. The Labute approximate surface area is 109 Å². The highest BCUT2D eigenvalue weighted by Gasteiger charge is 2.18. The van der Waals surface area contributed by atoms with Gasteiger partial charge in [0.2, 0.25) is 0 Å². The van der Waals surface area contributed by atoms with Gasteiger partial charge in [0.25, 0.3) is 0 Å². The van der Waals surface area contributed by atoms with E-state index in [4.69, 9.17) is 5.26 Å². The van der Waals surface area contributed by atoms with Gasteiger partial charge in [0.05, 0.1) is 11.6 Å². The lowest BCUT2D eigenvalue weighted by atomic mass is 10.1. The molecule has 18 heavy (non-hydrogen) atoms. The molecule has 1 aromatic heterocycles. The Kier molecular flexibility index (Phi) is 4.19. The maximum absolute atomic E-state index is 9.03. The Bertz CT molecular complexity index is 440. The largest absolute Gasteiger partial charge is 0.357 e. The lowest BCUT2D eigenvalue weighted by Gasteiger charge is -2.28. The van der Waals surface area contributed by atoms with Crippen molar-refractivity contribution in [2.75, 3.05) is 11.9 Å². The van der Waals surface area contributed by atoms with Crippen molar-refractivity contribution in [3.8, 4) is 6.07 Å². The first-order valence-corrected chi connectivity index (χ1v) is 6.82. The molecule has 96 valence electrons. The first-order valence-electron chi connectivity index (χ1n) is 6.82. The van der Waals surface area contributed by atoms with Gasteiger partial charge in [-0.05, 0) is 31.9 Å². The third-order valence-electron chi connectivity index (χ3n) is 3.80. The highest BCUT2D eigenvalue weighted by atomic mass is 15.2. The fourth-order valence-electron chi connectivity index (χ4n) is 2.73. The summed E-state index contributed by atoms with van der Waals surface area (Å²) in [5, 5.41) is 9.03. The van der Waals surface area contributed by atoms with E-state index in [1.54, 1.807) is 0 Å². The highest BCUT2D eigenvalue weighted by molar-refractivity contribution is 5.46. The summed E-state index contributed by atoms with van der Waals surface area (Å²) in [6.07, 6.45) is 7.82. The first kappa shape index (κ1) is 12.9. The van der Waals surface area contributed by atoms with E-state index in [-0.39, 0.29) is 0 Å². The van der Waals surface area contributed by atoms with Gasteiger partial charge in [0.15, 0.2) is 0 Å². The van der Waals surface area contributed by atoms with E-state index in [1.165, 1.54) is 38.5 Å². The van der Waals surface area contributed by atoms with Crippen LogP contribution < -0.4 is 4.90 Å². The van der Waals surface area contributed by atoms with E-state index in [9.17, 15) is 0 Å². The van der Waals surface area contributed by atoms with Crippen molar-refractivity contribution in [1.29, 1.82) is 5.26 Å². The molecule has 1 heterocycles. The molecule has 0 spiro atoms. The second-order valence-corrected chi connectivity index (χ2v) is 5.22. The van der Waals surface area contributed by atoms with Crippen LogP contribution in [0.3, 0.4) is 0 Å². The van der Waals surface area contributed by atoms with Crippen LogP contribution in [0.5, 0.6) is 0 Å². The quantitative estimate of drug-likeness (QED) is 0.747. The van der Waals surface area contributed by atoms with E-state index >= 15 is 0 Å². The van der Waals surface area contributed by atoms with Gasteiger partial charge in [0, 0.05) is 18.8 Å². The van der Waals surface area contributed by atoms with Gasteiger partial charge in [-0.1, -0.05) is 25.7 Å². The molecule has 0 unspecified atom stereocenters. The molecule has 0 amide bonds.